The molecule has 0 atom stereocenters. The molecule has 7 heteroatoms. The minimum absolute atomic E-state index is 0.171. The number of sulfonamides is 1. The third-order valence-electron chi connectivity index (χ3n) is 2.80. The Hall–Kier alpha value is -1.44. The van der Waals surface area contributed by atoms with Crippen LogP contribution in [0.2, 0.25) is 0 Å². The van der Waals surface area contributed by atoms with E-state index in [0.29, 0.717) is 10.2 Å². The standard InChI is InChI=1S/C13H14BrN3O2S/c1-17(9-10-3-2-6-16-8-10)20(18,19)11-4-5-12(14)13(15)7-11/h2-8H,9,15H2,1H3. The second kappa shape index (κ2) is 5.90. The van der Waals surface area contributed by atoms with Crippen LogP contribution in [0, 0.1) is 0 Å². The number of rotatable bonds is 4. The van der Waals surface area contributed by atoms with Crippen molar-refractivity contribution in [1.29, 1.82) is 0 Å². The Labute approximate surface area is 126 Å². The molecule has 0 amide bonds. The first-order chi connectivity index (χ1) is 9.41. The molecule has 0 unspecified atom stereocenters. The normalized spacial score (nSPS) is 11.8. The molecular weight excluding hydrogens is 342 g/mol. The molecule has 0 spiro atoms. The van der Waals surface area contributed by atoms with Crippen LogP contribution < -0.4 is 5.73 Å². The quantitative estimate of drug-likeness (QED) is 0.853. The number of nitrogens with zero attached hydrogens (tertiary/aromatic N) is 2. The van der Waals surface area contributed by atoms with Crippen LogP contribution in [0.5, 0.6) is 0 Å². The van der Waals surface area contributed by atoms with Crippen molar-refractivity contribution in [1.82, 2.24) is 9.29 Å². The number of benzene rings is 1. The maximum atomic E-state index is 12.4. The lowest BCUT2D eigenvalue weighted by Gasteiger charge is -2.17. The highest BCUT2D eigenvalue weighted by Crippen LogP contribution is 2.24. The fourth-order valence-corrected chi connectivity index (χ4v) is 3.14. The smallest absolute Gasteiger partial charge is 0.243 e. The van der Waals surface area contributed by atoms with Crippen molar-refractivity contribution in [3.05, 3.63) is 52.8 Å². The second-order valence-electron chi connectivity index (χ2n) is 4.31. The molecule has 106 valence electrons. The number of halogens is 1. The maximum Gasteiger partial charge on any atom is 0.243 e. The predicted octanol–water partition coefficient (Wildman–Crippen LogP) is 2.25. The molecule has 1 heterocycles. The average molecular weight is 356 g/mol. The van der Waals surface area contributed by atoms with Crippen LogP contribution in [-0.4, -0.2) is 24.8 Å². The van der Waals surface area contributed by atoms with Gasteiger partial charge >= 0.3 is 0 Å². The van der Waals surface area contributed by atoms with Gasteiger partial charge in [-0.05, 0) is 45.8 Å². The molecule has 0 aliphatic carbocycles. The molecule has 0 aliphatic heterocycles. The van der Waals surface area contributed by atoms with Gasteiger partial charge in [-0.2, -0.15) is 4.31 Å². The van der Waals surface area contributed by atoms with E-state index in [1.807, 2.05) is 6.07 Å². The zero-order valence-corrected chi connectivity index (χ0v) is 13.2. The Morgan fingerprint density at radius 1 is 1.35 bits per heavy atom. The summed E-state index contributed by atoms with van der Waals surface area (Å²) in [6, 6.07) is 8.19. The van der Waals surface area contributed by atoms with Gasteiger partial charge in [0.05, 0.1) is 4.90 Å². The van der Waals surface area contributed by atoms with E-state index in [9.17, 15) is 8.42 Å². The number of hydrogen-bond donors (Lipinski definition) is 1. The number of hydrogen-bond acceptors (Lipinski definition) is 4. The van der Waals surface area contributed by atoms with Gasteiger partial charge in [-0.1, -0.05) is 6.07 Å². The van der Waals surface area contributed by atoms with Gasteiger partial charge in [0.2, 0.25) is 10.0 Å². The lowest BCUT2D eigenvalue weighted by molar-refractivity contribution is 0.466. The molecule has 0 aliphatic rings. The number of pyridine rings is 1. The second-order valence-corrected chi connectivity index (χ2v) is 7.20. The van der Waals surface area contributed by atoms with E-state index in [1.54, 1.807) is 24.5 Å². The summed E-state index contributed by atoms with van der Waals surface area (Å²) in [6.45, 7) is 0.256. The van der Waals surface area contributed by atoms with Crippen molar-refractivity contribution in [2.24, 2.45) is 0 Å². The molecule has 0 fully saturated rings. The van der Waals surface area contributed by atoms with Gasteiger partial charge in [-0.25, -0.2) is 8.42 Å². The van der Waals surface area contributed by atoms with Gasteiger partial charge in [-0.15, -0.1) is 0 Å². The summed E-state index contributed by atoms with van der Waals surface area (Å²) in [5.41, 5.74) is 6.94. The van der Waals surface area contributed by atoms with Crippen LogP contribution in [0.25, 0.3) is 0 Å². The molecule has 0 saturated carbocycles. The van der Waals surface area contributed by atoms with Gasteiger partial charge in [0.1, 0.15) is 0 Å². The number of anilines is 1. The highest BCUT2D eigenvalue weighted by Gasteiger charge is 2.21. The van der Waals surface area contributed by atoms with E-state index in [0.717, 1.165) is 5.56 Å². The molecular formula is C13H14BrN3O2S. The van der Waals surface area contributed by atoms with Crippen LogP contribution in [-0.2, 0) is 16.6 Å². The van der Waals surface area contributed by atoms with Gasteiger partial charge in [0.25, 0.3) is 0 Å². The van der Waals surface area contributed by atoms with Crippen LogP contribution in [0.15, 0.2) is 52.1 Å². The fourth-order valence-electron chi connectivity index (χ4n) is 1.70. The summed E-state index contributed by atoms with van der Waals surface area (Å²) in [4.78, 5) is 4.14. The highest BCUT2D eigenvalue weighted by atomic mass is 79.9. The van der Waals surface area contributed by atoms with E-state index >= 15 is 0 Å². The van der Waals surface area contributed by atoms with Gasteiger partial charge < -0.3 is 5.73 Å². The van der Waals surface area contributed by atoms with Gasteiger partial charge in [0.15, 0.2) is 0 Å². The monoisotopic (exact) mass is 355 g/mol. The Morgan fingerprint density at radius 3 is 2.70 bits per heavy atom. The summed E-state index contributed by atoms with van der Waals surface area (Å²) in [6.07, 6.45) is 3.29. The summed E-state index contributed by atoms with van der Waals surface area (Å²) >= 11 is 3.25. The first-order valence-corrected chi connectivity index (χ1v) is 8.05. The van der Waals surface area contributed by atoms with Crippen molar-refractivity contribution in [3.63, 3.8) is 0 Å². The third kappa shape index (κ3) is 3.17. The fraction of sp³-hybridized carbons (Fsp3) is 0.154. The van der Waals surface area contributed by atoms with E-state index in [-0.39, 0.29) is 11.4 Å². The zero-order chi connectivity index (χ0) is 14.8. The number of nitrogen functional groups attached to an aromatic ring is 1. The molecule has 2 N–H and O–H groups in total. The van der Waals surface area contributed by atoms with E-state index < -0.39 is 10.0 Å². The van der Waals surface area contributed by atoms with Gasteiger partial charge in [-0.3, -0.25) is 4.98 Å². The van der Waals surface area contributed by atoms with Crippen LogP contribution in [0.3, 0.4) is 0 Å². The Kier molecular flexibility index (Phi) is 4.42. The minimum atomic E-state index is -3.57. The van der Waals surface area contributed by atoms with Crippen molar-refractivity contribution in [3.8, 4) is 0 Å². The van der Waals surface area contributed by atoms with Crippen LogP contribution >= 0.6 is 15.9 Å². The Morgan fingerprint density at radius 2 is 2.10 bits per heavy atom. The Bertz CT molecular complexity index is 705. The lowest BCUT2D eigenvalue weighted by atomic mass is 10.3. The summed E-state index contributed by atoms with van der Waals surface area (Å²) in [5.74, 6) is 0. The first kappa shape index (κ1) is 15.0. The topological polar surface area (TPSA) is 76.3 Å². The van der Waals surface area contributed by atoms with Crippen molar-refractivity contribution in [2.45, 2.75) is 11.4 Å². The average Bonchev–Trinajstić information content (AvgIpc) is 2.42. The highest BCUT2D eigenvalue weighted by molar-refractivity contribution is 9.10. The summed E-state index contributed by atoms with van der Waals surface area (Å²) in [7, 11) is -2.04. The molecule has 2 rings (SSSR count). The SMILES string of the molecule is CN(Cc1cccnc1)S(=O)(=O)c1ccc(Br)c(N)c1. The van der Waals surface area contributed by atoms with E-state index in [4.69, 9.17) is 5.73 Å². The molecule has 0 radical (unpaired) electrons. The van der Waals surface area contributed by atoms with Crippen LogP contribution in [0.4, 0.5) is 5.69 Å². The molecule has 5 nitrogen and oxygen atoms in total. The van der Waals surface area contributed by atoms with Gasteiger partial charge in [0, 0.05) is 36.1 Å². The van der Waals surface area contributed by atoms with E-state index in [2.05, 4.69) is 20.9 Å². The maximum absolute atomic E-state index is 12.4. The lowest BCUT2D eigenvalue weighted by Crippen LogP contribution is -2.26. The molecule has 2 aromatic rings. The largest absolute Gasteiger partial charge is 0.398 e. The minimum Gasteiger partial charge on any atom is -0.398 e. The summed E-state index contributed by atoms with van der Waals surface area (Å²) in [5, 5.41) is 0. The summed E-state index contributed by atoms with van der Waals surface area (Å²) < 4.78 is 26.8. The van der Waals surface area contributed by atoms with Crippen LogP contribution in [0.1, 0.15) is 5.56 Å². The number of aromatic nitrogens is 1. The molecule has 0 saturated heterocycles. The molecule has 1 aromatic carbocycles. The molecule has 0 bridgehead atoms. The Balaban J connectivity index is 2.27. The van der Waals surface area contributed by atoms with Crippen molar-refractivity contribution < 1.29 is 8.42 Å². The first-order valence-electron chi connectivity index (χ1n) is 5.81. The van der Waals surface area contributed by atoms with Crippen molar-refractivity contribution in [2.75, 3.05) is 12.8 Å². The molecule has 20 heavy (non-hydrogen) atoms. The predicted molar refractivity (Wildman–Crippen MR) is 81.4 cm³/mol. The zero-order valence-electron chi connectivity index (χ0n) is 10.8. The van der Waals surface area contributed by atoms with Crippen molar-refractivity contribution >= 4 is 31.6 Å². The number of nitrogens with two attached hydrogens (primary N) is 1. The third-order valence-corrected chi connectivity index (χ3v) is 5.33. The molecule has 1 aromatic heterocycles. The van der Waals surface area contributed by atoms with E-state index in [1.165, 1.54) is 23.5 Å².